The van der Waals surface area contributed by atoms with Gasteiger partial charge in [0.2, 0.25) is 5.88 Å². The summed E-state index contributed by atoms with van der Waals surface area (Å²) < 4.78 is 22.3. The number of aryl methyl sites for hydroxylation is 1. The zero-order valence-electron chi connectivity index (χ0n) is 18.1. The average molecular weight is 454 g/mol. The molecule has 0 spiro atoms. The van der Waals surface area contributed by atoms with Gasteiger partial charge < -0.3 is 14.6 Å². The van der Waals surface area contributed by atoms with Crippen molar-refractivity contribution < 1.29 is 13.9 Å². The van der Waals surface area contributed by atoms with Crippen LogP contribution in [0.25, 0.3) is 17.1 Å². The quantitative estimate of drug-likeness (QED) is 0.396. The van der Waals surface area contributed by atoms with E-state index in [9.17, 15) is 9.18 Å². The van der Waals surface area contributed by atoms with Crippen LogP contribution >= 0.6 is 0 Å². The number of nitrogens with zero attached hydrogens (tertiary/aromatic N) is 5. The molecule has 0 radical (unpaired) electrons. The second-order valence-corrected chi connectivity index (χ2v) is 7.43. The minimum absolute atomic E-state index is 0.316. The number of hydrogen-bond acceptors (Lipinski definition) is 5. The molecule has 0 aliphatic heterocycles. The lowest BCUT2D eigenvalue weighted by Gasteiger charge is -2.08. The van der Waals surface area contributed by atoms with Crippen molar-refractivity contribution in [3.63, 3.8) is 0 Å². The fraction of sp³-hybridized carbons (Fsp3) is 0.0400. The number of carbonyl (C=O) groups excluding carboxylic acids is 1. The first-order valence-corrected chi connectivity index (χ1v) is 10.4. The summed E-state index contributed by atoms with van der Waals surface area (Å²) >= 11 is 0. The number of carbonyl (C=O) groups is 1. The van der Waals surface area contributed by atoms with Crippen LogP contribution < -0.4 is 10.1 Å². The van der Waals surface area contributed by atoms with Gasteiger partial charge in [-0.05, 0) is 66.7 Å². The first-order valence-electron chi connectivity index (χ1n) is 10.4. The van der Waals surface area contributed by atoms with E-state index < -0.39 is 0 Å². The van der Waals surface area contributed by atoms with Gasteiger partial charge in [-0.2, -0.15) is 5.10 Å². The van der Waals surface area contributed by atoms with Gasteiger partial charge in [-0.25, -0.2) is 14.4 Å². The van der Waals surface area contributed by atoms with E-state index in [2.05, 4.69) is 20.4 Å². The van der Waals surface area contributed by atoms with Crippen molar-refractivity contribution in [1.29, 1.82) is 0 Å². The van der Waals surface area contributed by atoms with Crippen LogP contribution in [0.4, 0.5) is 10.1 Å². The molecule has 0 atom stereocenters. The monoisotopic (exact) mass is 454 g/mol. The summed E-state index contributed by atoms with van der Waals surface area (Å²) in [7, 11) is 1.68. The molecule has 2 aromatic carbocycles. The summed E-state index contributed by atoms with van der Waals surface area (Å²) in [5.74, 6) is 1.01. The summed E-state index contributed by atoms with van der Waals surface area (Å²) in [4.78, 5) is 21.2. The molecule has 0 aliphatic carbocycles. The maximum absolute atomic E-state index is 13.2. The van der Waals surface area contributed by atoms with Crippen molar-refractivity contribution >= 4 is 11.6 Å². The first kappa shape index (κ1) is 21.1. The molecule has 5 aromatic rings. The fourth-order valence-electron chi connectivity index (χ4n) is 3.38. The number of nitrogens with one attached hydrogen (secondary N) is 1. The number of amides is 1. The molecule has 0 aliphatic rings. The van der Waals surface area contributed by atoms with Gasteiger partial charge in [0.25, 0.3) is 5.91 Å². The molecule has 0 saturated heterocycles. The number of halogens is 1. The molecule has 168 valence electrons. The van der Waals surface area contributed by atoms with E-state index in [1.807, 2.05) is 29.1 Å². The van der Waals surface area contributed by atoms with E-state index >= 15 is 0 Å². The van der Waals surface area contributed by atoms with Gasteiger partial charge in [-0.1, -0.05) is 0 Å². The topological polar surface area (TPSA) is 86.9 Å². The number of anilines is 1. The second kappa shape index (κ2) is 8.99. The minimum atomic E-state index is -0.328. The third-order valence-electron chi connectivity index (χ3n) is 5.08. The smallest absolute Gasteiger partial charge is 0.273 e. The van der Waals surface area contributed by atoms with Crippen LogP contribution in [0, 0.1) is 5.82 Å². The fourth-order valence-corrected chi connectivity index (χ4v) is 3.38. The predicted octanol–water partition coefficient (Wildman–Crippen LogP) is 4.85. The van der Waals surface area contributed by atoms with Gasteiger partial charge in [0, 0.05) is 36.8 Å². The third-order valence-corrected chi connectivity index (χ3v) is 5.08. The lowest BCUT2D eigenvalue weighted by atomic mass is 10.1. The van der Waals surface area contributed by atoms with Crippen LogP contribution in [0.5, 0.6) is 11.6 Å². The zero-order valence-corrected chi connectivity index (χ0v) is 18.1. The lowest BCUT2D eigenvalue weighted by Crippen LogP contribution is -2.15. The van der Waals surface area contributed by atoms with Crippen molar-refractivity contribution in [2.24, 2.45) is 7.05 Å². The van der Waals surface area contributed by atoms with Gasteiger partial charge in [0.05, 0.1) is 5.69 Å². The summed E-state index contributed by atoms with van der Waals surface area (Å²) in [5.41, 5.74) is 2.28. The Kier molecular flexibility index (Phi) is 5.57. The van der Waals surface area contributed by atoms with E-state index in [-0.39, 0.29) is 11.7 Å². The van der Waals surface area contributed by atoms with Crippen LogP contribution in [0.1, 0.15) is 10.5 Å². The first-order chi connectivity index (χ1) is 16.5. The number of ether oxygens (including phenoxy) is 1. The normalized spacial score (nSPS) is 10.8. The van der Waals surface area contributed by atoms with Crippen molar-refractivity contribution in [1.82, 2.24) is 24.3 Å². The molecule has 3 aromatic heterocycles. The molecule has 1 amide bonds. The highest BCUT2D eigenvalue weighted by Gasteiger charge is 2.15. The second-order valence-electron chi connectivity index (χ2n) is 7.43. The van der Waals surface area contributed by atoms with E-state index in [1.54, 1.807) is 55.6 Å². The molecular formula is C25H19FN6O2. The molecule has 8 nitrogen and oxygen atoms in total. The number of rotatable bonds is 6. The molecule has 9 heteroatoms. The SMILES string of the molecule is Cn1nc(-c2ccc(F)cc2)cc1C(=O)Nc1ccc(Oc2cc(-n3cccc3)ncn2)cc1. The van der Waals surface area contributed by atoms with Crippen LogP contribution in [0.2, 0.25) is 0 Å². The van der Waals surface area contributed by atoms with Crippen LogP contribution in [0.15, 0.2) is 91.5 Å². The molecule has 3 heterocycles. The Morgan fingerprint density at radius 2 is 1.71 bits per heavy atom. The highest BCUT2D eigenvalue weighted by atomic mass is 19.1. The van der Waals surface area contributed by atoms with Crippen molar-refractivity contribution in [3.8, 4) is 28.7 Å². The Morgan fingerprint density at radius 3 is 2.44 bits per heavy atom. The van der Waals surface area contributed by atoms with Crippen molar-refractivity contribution in [2.75, 3.05) is 5.32 Å². The highest BCUT2D eigenvalue weighted by molar-refractivity contribution is 6.03. The van der Waals surface area contributed by atoms with E-state index in [0.717, 1.165) is 5.56 Å². The van der Waals surface area contributed by atoms with Crippen molar-refractivity contribution in [2.45, 2.75) is 0 Å². The van der Waals surface area contributed by atoms with Gasteiger partial charge in [-0.15, -0.1) is 0 Å². The number of benzene rings is 2. The molecule has 34 heavy (non-hydrogen) atoms. The van der Waals surface area contributed by atoms with Crippen molar-refractivity contribution in [3.05, 3.63) is 103 Å². The largest absolute Gasteiger partial charge is 0.439 e. The molecule has 0 bridgehead atoms. The predicted molar refractivity (Wildman–Crippen MR) is 124 cm³/mol. The molecule has 1 N–H and O–H groups in total. The maximum atomic E-state index is 13.2. The van der Waals surface area contributed by atoms with Crippen LogP contribution in [-0.2, 0) is 7.05 Å². The Labute approximate surface area is 194 Å². The lowest BCUT2D eigenvalue weighted by molar-refractivity contribution is 0.101. The summed E-state index contributed by atoms with van der Waals surface area (Å²) in [6.45, 7) is 0. The Hall–Kier alpha value is -4.79. The Balaban J connectivity index is 1.26. The highest BCUT2D eigenvalue weighted by Crippen LogP contribution is 2.24. The van der Waals surface area contributed by atoms with E-state index in [4.69, 9.17) is 4.74 Å². The van der Waals surface area contributed by atoms with Gasteiger partial charge >= 0.3 is 0 Å². The standard InChI is InChI=1S/C25H19FN6O2/c1-31-22(14-21(30-31)17-4-6-18(26)7-5-17)25(33)29-19-8-10-20(11-9-19)34-24-15-23(27-16-28-24)32-12-2-3-13-32/h2-16H,1H3,(H,29,33). The summed E-state index contributed by atoms with van der Waals surface area (Å²) in [6, 6.07) is 20.1. The third kappa shape index (κ3) is 4.53. The van der Waals surface area contributed by atoms with Gasteiger partial charge in [0.15, 0.2) is 0 Å². The molecule has 5 rings (SSSR count). The Bertz CT molecular complexity index is 1430. The maximum Gasteiger partial charge on any atom is 0.273 e. The summed E-state index contributed by atoms with van der Waals surface area (Å²) in [5, 5.41) is 7.21. The Morgan fingerprint density at radius 1 is 0.971 bits per heavy atom. The zero-order chi connectivity index (χ0) is 23.5. The molecular weight excluding hydrogens is 435 g/mol. The minimum Gasteiger partial charge on any atom is -0.439 e. The van der Waals surface area contributed by atoms with Crippen LogP contribution in [-0.4, -0.2) is 30.2 Å². The average Bonchev–Trinajstić information content (AvgIpc) is 3.51. The number of hydrogen-bond donors (Lipinski definition) is 1. The van der Waals surface area contributed by atoms with E-state index in [0.29, 0.717) is 34.5 Å². The van der Waals surface area contributed by atoms with E-state index in [1.165, 1.54) is 23.1 Å². The van der Waals surface area contributed by atoms with Gasteiger partial charge in [-0.3, -0.25) is 9.48 Å². The molecule has 0 unspecified atom stereocenters. The number of aromatic nitrogens is 5. The van der Waals surface area contributed by atoms with Crippen LogP contribution in [0.3, 0.4) is 0 Å². The van der Waals surface area contributed by atoms with Gasteiger partial charge in [0.1, 0.15) is 29.4 Å². The summed E-state index contributed by atoms with van der Waals surface area (Å²) in [6.07, 6.45) is 5.20. The molecule has 0 fully saturated rings. The molecule has 0 saturated carbocycles.